The molecule has 3 aromatic heterocycles. The van der Waals surface area contributed by atoms with Gasteiger partial charge in [0.25, 0.3) is 0 Å². The molecule has 4 nitrogen and oxygen atoms in total. The maximum Gasteiger partial charge on any atom is 0.144 e. The fourth-order valence-corrected chi connectivity index (χ4v) is 4.77. The zero-order valence-corrected chi connectivity index (χ0v) is 17.3. The van der Waals surface area contributed by atoms with Gasteiger partial charge in [-0.15, -0.1) is 11.3 Å². The maximum atomic E-state index is 6.34. The Bertz CT molecular complexity index is 1560. The summed E-state index contributed by atoms with van der Waals surface area (Å²) >= 11 is 1.59. The average Bonchev–Trinajstić information content (AvgIpc) is 3.41. The molecule has 0 amide bonds. The molecule has 0 aliphatic carbocycles. The third-order valence-corrected chi connectivity index (χ3v) is 6.16. The van der Waals surface area contributed by atoms with Crippen LogP contribution in [0.5, 0.6) is 0 Å². The van der Waals surface area contributed by atoms with Gasteiger partial charge in [0.2, 0.25) is 0 Å². The second-order valence-corrected chi connectivity index (χ2v) is 8.29. The van der Waals surface area contributed by atoms with E-state index in [1.54, 1.807) is 17.7 Å². The summed E-state index contributed by atoms with van der Waals surface area (Å²) in [5.41, 5.74) is 10.8. The van der Waals surface area contributed by atoms with Crippen LogP contribution in [-0.4, -0.2) is 15.0 Å². The highest BCUT2D eigenvalue weighted by Crippen LogP contribution is 2.39. The highest BCUT2D eigenvalue weighted by atomic mass is 32.1. The fraction of sp³-hybridized carbons (Fsp3) is 0.0800. The second kappa shape index (κ2) is 6.47. The van der Waals surface area contributed by atoms with Crippen molar-refractivity contribution in [3.05, 3.63) is 76.9 Å². The van der Waals surface area contributed by atoms with E-state index in [-0.39, 0.29) is 0 Å². The highest BCUT2D eigenvalue weighted by molar-refractivity contribution is 7.07. The molecule has 3 aromatic carbocycles. The van der Waals surface area contributed by atoms with Crippen molar-refractivity contribution >= 4 is 44.2 Å². The standard InChI is InChI=1S/C25H17N3OS/c1-14-8-18-23-15(2)4-3-5-22(23)29-25(18)19(9-14)24-17-7-6-16(21-11-30-13-28-21)10-20(17)26-12-27-24/h3-13H,1-2H3. The number of fused-ring (bicyclic) bond motifs is 4. The van der Waals surface area contributed by atoms with Gasteiger partial charge in [-0.3, -0.25) is 0 Å². The Labute approximate surface area is 176 Å². The van der Waals surface area contributed by atoms with Crippen LogP contribution in [0, 0.1) is 13.8 Å². The summed E-state index contributed by atoms with van der Waals surface area (Å²) < 4.78 is 6.34. The summed E-state index contributed by atoms with van der Waals surface area (Å²) in [6.45, 7) is 4.24. The predicted molar refractivity (Wildman–Crippen MR) is 123 cm³/mol. The van der Waals surface area contributed by atoms with Crippen LogP contribution in [0.25, 0.3) is 55.4 Å². The van der Waals surface area contributed by atoms with Crippen LogP contribution in [0.15, 0.2) is 70.2 Å². The molecule has 144 valence electrons. The van der Waals surface area contributed by atoms with Crippen molar-refractivity contribution in [1.82, 2.24) is 15.0 Å². The lowest BCUT2D eigenvalue weighted by Gasteiger charge is -2.08. The van der Waals surface area contributed by atoms with E-state index < -0.39 is 0 Å². The summed E-state index contributed by atoms with van der Waals surface area (Å²) in [5.74, 6) is 0. The minimum Gasteiger partial charge on any atom is -0.455 e. The maximum absolute atomic E-state index is 6.34. The Morgan fingerprint density at radius 3 is 2.70 bits per heavy atom. The summed E-state index contributed by atoms with van der Waals surface area (Å²) in [6, 6.07) is 16.8. The van der Waals surface area contributed by atoms with Gasteiger partial charge >= 0.3 is 0 Å². The summed E-state index contributed by atoms with van der Waals surface area (Å²) in [6.07, 6.45) is 1.63. The first kappa shape index (κ1) is 17.3. The molecule has 0 fully saturated rings. The number of furan rings is 1. The van der Waals surface area contributed by atoms with E-state index in [9.17, 15) is 0 Å². The van der Waals surface area contributed by atoms with Crippen LogP contribution in [0.1, 0.15) is 11.1 Å². The van der Waals surface area contributed by atoms with E-state index in [1.165, 1.54) is 16.5 Å². The smallest absolute Gasteiger partial charge is 0.144 e. The van der Waals surface area contributed by atoms with Crippen molar-refractivity contribution < 1.29 is 4.42 Å². The molecule has 0 spiro atoms. The number of aromatic nitrogens is 3. The van der Waals surface area contributed by atoms with Gasteiger partial charge in [0.05, 0.1) is 22.4 Å². The number of aryl methyl sites for hydroxylation is 2. The number of thiazole rings is 1. The van der Waals surface area contributed by atoms with E-state index in [1.807, 2.05) is 23.0 Å². The molecule has 0 aliphatic heterocycles. The van der Waals surface area contributed by atoms with Gasteiger partial charge in [0.15, 0.2) is 0 Å². The molecule has 0 atom stereocenters. The lowest BCUT2D eigenvalue weighted by atomic mass is 9.98. The van der Waals surface area contributed by atoms with Crippen LogP contribution in [0.2, 0.25) is 0 Å². The van der Waals surface area contributed by atoms with Crippen LogP contribution in [-0.2, 0) is 0 Å². The van der Waals surface area contributed by atoms with Gasteiger partial charge in [-0.1, -0.05) is 18.2 Å². The zero-order valence-electron chi connectivity index (χ0n) is 16.5. The van der Waals surface area contributed by atoms with Crippen LogP contribution < -0.4 is 0 Å². The molecule has 5 heteroatoms. The number of hydrogen-bond donors (Lipinski definition) is 0. The lowest BCUT2D eigenvalue weighted by molar-refractivity contribution is 0.669. The highest BCUT2D eigenvalue weighted by Gasteiger charge is 2.17. The number of hydrogen-bond acceptors (Lipinski definition) is 5. The molecule has 3 heterocycles. The summed E-state index contributed by atoms with van der Waals surface area (Å²) in [5, 5.41) is 5.34. The molecule has 0 bridgehead atoms. The zero-order chi connectivity index (χ0) is 20.2. The first-order valence-corrected chi connectivity index (χ1v) is 10.7. The van der Waals surface area contributed by atoms with E-state index >= 15 is 0 Å². The van der Waals surface area contributed by atoms with E-state index in [0.717, 1.165) is 50.0 Å². The third-order valence-electron chi connectivity index (χ3n) is 5.57. The molecule has 0 aliphatic rings. The van der Waals surface area contributed by atoms with E-state index in [2.05, 4.69) is 65.2 Å². The molecule has 0 saturated heterocycles. The Morgan fingerprint density at radius 1 is 0.900 bits per heavy atom. The number of nitrogens with zero attached hydrogens (tertiary/aromatic N) is 3. The van der Waals surface area contributed by atoms with Crippen molar-refractivity contribution in [1.29, 1.82) is 0 Å². The topological polar surface area (TPSA) is 51.8 Å². The van der Waals surface area contributed by atoms with Gasteiger partial charge in [-0.2, -0.15) is 0 Å². The first-order chi connectivity index (χ1) is 14.7. The fourth-order valence-electron chi connectivity index (χ4n) is 4.21. The Kier molecular flexibility index (Phi) is 3.73. The third kappa shape index (κ3) is 2.56. The minimum absolute atomic E-state index is 0.869. The lowest BCUT2D eigenvalue weighted by Crippen LogP contribution is -1.91. The predicted octanol–water partition coefficient (Wildman–Crippen LogP) is 6.94. The quantitative estimate of drug-likeness (QED) is 0.312. The molecular weight excluding hydrogens is 390 g/mol. The Morgan fingerprint density at radius 2 is 1.83 bits per heavy atom. The van der Waals surface area contributed by atoms with Crippen molar-refractivity contribution in [2.24, 2.45) is 0 Å². The molecule has 6 rings (SSSR count). The van der Waals surface area contributed by atoms with Gasteiger partial charge in [-0.25, -0.2) is 15.0 Å². The molecule has 0 N–H and O–H groups in total. The van der Waals surface area contributed by atoms with Crippen LogP contribution in [0.4, 0.5) is 0 Å². The van der Waals surface area contributed by atoms with E-state index in [4.69, 9.17) is 4.42 Å². The molecule has 30 heavy (non-hydrogen) atoms. The van der Waals surface area contributed by atoms with Gasteiger partial charge in [0, 0.05) is 32.7 Å². The molecule has 6 aromatic rings. The van der Waals surface area contributed by atoms with Crippen molar-refractivity contribution in [2.75, 3.05) is 0 Å². The van der Waals surface area contributed by atoms with Crippen molar-refractivity contribution in [2.45, 2.75) is 13.8 Å². The summed E-state index contributed by atoms with van der Waals surface area (Å²) in [7, 11) is 0. The SMILES string of the molecule is Cc1cc(-c2ncnc3cc(-c4cscn4)ccc23)c2oc3cccc(C)c3c2c1. The summed E-state index contributed by atoms with van der Waals surface area (Å²) in [4.78, 5) is 13.6. The minimum atomic E-state index is 0.869. The van der Waals surface area contributed by atoms with Gasteiger partial charge in [0.1, 0.15) is 17.5 Å². The molecule has 0 unspecified atom stereocenters. The number of rotatable bonds is 2. The largest absolute Gasteiger partial charge is 0.455 e. The van der Waals surface area contributed by atoms with Gasteiger partial charge < -0.3 is 4.42 Å². The van der Waals surface area contributed by atoms with Crippen molar-refractivity contribution in [3.63, 3.8) is 0 Å². The normalized spacial score (nSPS) is 11.7. The van der Waals surface area contributed by atoms with Gasteiger partial charge in [-0.05, 0) is 55.3 Å². The Hall–Kier alpha value is -3.57. The van der Waals surface area contributed by atoms with Crippen LogP contribution in [0.3, 0.4) is 0 Å². The monoisotopic (exact) mass is 407 g/mol. The molecule has 0 radical (unpaired) electrons. The second-order valence-electron chi connectivity index (χ2n) is 7.57. The van der Waals surface area contributed by atoms with Crippen molar-refractivity contribution in [3.8, 4) is 22.5 Å². The molecular formula is C25H17N3OS. The molecule has 0 saturated carbocycles. The van der Waals surface area contributed by atoms with Crippen LogP contribution >= 0.6 is 11.3 Å². The number of benzene rings is 3. The Balaban J connectivity index is 1.66. The first-order valence-electron chi connectivity index (χ1n) is 9.75. The average molecular weight is 407 g/mol. The van der Waals surface area contributed by atoms with E-state index in [0.29, 0.717) is 0 Å².